The number of hydrogen-bond donors (Lipinski definition) is 1. The Kier molecular flexibility index (Phi) is 10.7. The van der Waals surface area contributed by atoms with Crippen molar-refractivity contribution in [2.75, 3.05) is 26.4 Å². The van der Waals surface area contributed by atoms with Crippen molar-refractivity contribution in [1.29, 1.82) is 0 Å². The molecule has 0 aliphatic carbocycles. The van der Waals surface area contributed by atoms with E-state index in [4.69, 9.17) is 26.4 Å². The molecule has 0 heterocycles. The van der Waals surface area contributed by atoms with Gasteiger partial charge in [0.2, 0.25) is 0 Å². The van der Waals surface area contributed by atoms with Crippen LogP contribution in [-0.2, 0) is 16.1 Å². The maximum absolute atomic E-state index is 13.1. The summed E-state index contributed by atoms with van der Waals surface area (Å²) in [6.45, 7) is 3.42. The van der Waals surface area contributed by atoms with Crippen LogP contribution in [0.25, 0.3) is 0 Å². The van der Waals surface area contributed by atoms with Crippen LogP contribution in [-0.4, -0.2) is 48.3 Å². The average Bonchev–Trinajstić information content (AvgIpc) is 2.90. The minimum absolute atomic E-state index is 0.151. The number of ether oxygens (including phenoxy) is 3. The highest BCUT2D eigenvalue weighted by molar-refractivity contribution is 7.80. The summed E-state index contributed by atoms with van der Waals surface area (Å²) in [4.78, 5) is 26.8. The van der Waals surface area contributed by atoms with E-state index in [1.165, 1.54) is 0 Å². The summed E-state index contributed by atoms with van der Waals surface area (Å²) in [5, 5.41) is 3.00. The second kappa shape index (κ2) is 14.5. The number of carbonyl (C=O) groups excluding carboxylic acids is 2. The fourth-order valence-electron chi connectivity index (χ4n) is 3.37. The fourth-order valence-corrected chi connectivity index (χ4v) is 3.62. The Morgan fingerprint density at radius 3 is 2.22 bits per heavy atom. The van der Waals surface area contributed by atoms with Gasteiger partial charge in [0.15, 0.2) is 5.11 Å². The molecular formula is C28H30N2O5S. The van der Waals surface area contributed by atoms with Gasteiger partial charge in [0, 0.05) is 13.1 Å². The Labute approximate surface area is 217 Å². The van der Waals surface area contributed by atoms with Gasteiger partial charge >= 0.3 is 5.97 Å². The zero-order valence-corrected chi connectivity index (χ0v) is 21.0. The predicted octanol–water partition coefficient (Wildman–Crippen LogP) is 4.61. The van der Waals surface area contributed by atoms with E-state index in [0.717, 1.165) is 11.3 Å². The summed E-state index contributed by atoms with van der Waals surface area (Å²) in [6, 6.07) is 26.1. The molecule has 3 rings (SSSR count). The summed E-state index contributed by atoms with van der Waals surface area (Å²) < 4.78 is 16.5. The second-order valence-corrected chi connectivity index (χ2v) is 8.11. The monoisotopic (exact) mass is 506 g/mol. The van der Waals surface area contributed by atoms with Crippen LogP contribution in [0.5, 0.6) is 11.5 Å². The molecule has 0 atom stereocenters. The molecule has 0 spiro atoms. The number of thiocarbonyl (C=S) groups is 1. The van der Waals surface area contributed by atoms with Gasteiger partial charge in [-0.05, 0) is 49.0 Å². The smallest absolute Gasteiger partial charge is 0.307 e. The van der Waals surface area contributed by atoms with E-state index in [9.17, 15) is 9.59 Å². The first kappa shape index (κ1) is 26.7. The summed E-state index contributed by atoms with van der Waals surface area (Å²) in [5.74, 6) is 0.462. The molecule has 188 valence electrons. The van der Waals surface area contributed by atoms with Crippen LogP contribution in [0.3, 0.4) is 0 Å². The fraction of sp³-hybridized carbons (Fsp3) is 0.250. The third-order valence-corrected chi connectivity index (χ3v) is 5.46. The third-order valence-electron chi connectivity index (χ3n) is 5.10. The number of rotatable bonds is 12. The highest BCUT2D eigenvalue weighted by atomic mass is 32.1. The maximum atomic E-state index is 13.1. The molecule has 1 amide bonds. The van der Waals surface area contributed by atoms with Gasteiger partial charge in [-0.15, -0.1) is 0 Å². The number of carbonyl (C=O) groups is 2. The SMILES string of the molecule is CCOC(=O)CCN(Cc1ccccc1)C(=S)NC(=O)c1ccccc1OCCOc1ccccc1. The molecule has 0 saturated heterocycles. The molecule has 0 radical (unpaired) electrons. The number of hydrogen-bond acceptors (Lipinski definition) is 6. The van der Waals surface area contributed by atoms with Crippen molar-refractivity contribution in [3.05, 3.63) is 96.1 Å². The van der Waals surface area contributed by atoms with Crippen molar-refractivity contribution in [2.24, 2.45) is 0 Å². The first-order chi connectivity index (χ1) is 17.6. The molecule has 0 aliphatic rings. The highest BCUT2D eigenvalue weighted by Gasteiger charge is 2.18. The lowest BCUT2D eigenvalue weighted by molar-refractivity contribution is -0.143. The van der Waals surface area contributed by atoms with Gasteiger partial charge in [-0.2, -0.15) is 0 Å². The predicted molar refractivity (Wildman–Crippen MR) is 142 cm³/mol. The molecule has 1 N–H and O–H groups in total. The van der Waals surface area contributed by atoms with Crippen LogP contribution in [0.15, 0.2) is 84.9 Å². The van der Waals surface area contributed by atoms with E-state index in [1.54, 1.807) is 36.1 Å². The van der Waals surface area contributed by atoms with E-state index in [0.29, 0.717) is 37.6 Å². The molecule has 0 aliphatic heterocycles. The Morgan fingerprint density at radius 2 is 1.50 bits per heavy atom. The first-order valence-corrected chi connectivity index (χ1v) is 12.2. The van der Waals surface area contributed by atoms with E-state index < -0.39 is 5.91 Å². The van der Waals surface area contributed by atoms with Gasteiger partial charge in [0.05, 0.1) is 18.6 Å². The summed E-state index contributed by atoms with van der Waals surface area (Å²) in [7, 11) is 0. The number of para-hydroxylation sites is 2. The van der Waals surface area contributed by atoms with Crippen molar-refractivity contribution in [3.8, 4) is 11.5 Å². The Bertz CT molecular complexity index is 1130. The summed E-state index contributed by atoms with van der Waals surface area (Å²) >= 11 is 5.55. The van der Waals surface area contributed by atoms with Crippen molar-refractivity contribution in [1.82, 2.24) is 10.2 Å². The van der Waals surface area contributed by atoms with Crippen molar-refractivity contribution in [3.63, 3.8) is 0 Å². The number of benzene rings is 3. The van der Waals surface area contributed by atoms with E-state index >= 15 is 0 Å². The van der Waals surface area contributed by atoms with E-state index in [-0.39, 0.29) is 24.1 Å². The largest absolute Gasteiger partial charge is 0.490 e. The second-order valence-electron chi connectivity index (χ2n) is 7.73. The normalized spacial score (nSPS) is 10.2. The maximum Gasteiger partial charge on any atom is 0.307 e. The van der Waals surface area contributed by atoms with E-state index in [1.807, 2.05) is 60.7 Å². The quantitative estimate of drug-likeness (QED) is 0.218. The minimum atomic E-state index is -0.395. The van der Waals surface area contributed by atoms with Crippen LogP contribution >= 0.6 is 12.2 Å². The van der Waals surface area contributed by atoms with Gasteiger partial charge in [-0.3, -0.25) is 14.9 Å². The molecule has 7 nitrogen and oxygen atoms in total. The molecule has 0 bridgehead atoms. The van der Waals surface area contributed by atoms with Crippen LogP contribution in [0, 0.1) is 0 Å². The van der Waals surface area contributed by atoms with Gasteiger partial charge in [-0.1, -0.05) is 60.7 Å². The standard InChI is InChI=1S/C28H30N2O5S/c1-2-33-26(31)17-18-30(21-22-11-5-3-6-12-22)28(36)29-27(32)24-15-9-10-16-25(24)35-20-19-34-23-13-7-4-8-14-23/h3-16H,2,17-21H2,1H3,(H,29,32,36). The number of nitrogens with zero attached hydrogens (tertiary/aromatic N) is 1. The first-order valence-electron chi connectivity index (χ1n) is 11.8. The molecule has 36 heavy (non-hydrogen) atoms. The molecule has 0 fully saturated rings. The summed E-state index contributed by atoms with van der Waals surface area (Å²) in [5.41, 5.74) is 1.35. The van der Waals surface area contributed by atoms with Crippen LogP contribution < -0.4 is 14.8 Å². The zero-order chi connectivity index (χ0) is 25.6. The van der Waals surface area contributed by atoms with Crippen LogP contribution in [0.4, 0.5) is 0 Å². The van der Waals surface area contributed by atoms with Gasteiger partial charge < -0.3 is 19.1 Å². The molecule has 0 saturated carbocycles. The average molecular weight is 507 g/mol. The minimum Gasteiger partial charge on any atom is -0.490 e. The van der Waals surface area contributed by atoms with Gasteiger partial charge in [0.1, 0.15) is 24.7 Å². The third kappa shape index (κ3) is 8.70. The molecule has 3 aromatic rings. The molecule has 0 aromatic heterocycles. The highest BCUT2D eigenvalue weighted by Crippen LogP contribution is 2.18. The lowest BCUT2D eigenvalue weighted by Gasteiger charge is -2.25. The molecular weight excluding hydrogens is 476 g/mol. The zero-order valence-electron chi connectivity index (χ0n) is 20.2. The van der Waals surface area contributed by atoms with Crippen LogP contribution in [0.2, 0.25) is 0 Å². The number of amides is 1. The number of esters is 1. The topological polar surface area (TPSA) is 77.1 Å². The lowest BCUT2D eigenvalue weighted by atomic mass is 10.2. The lowest BCUT2D eigenvalue weighted by Crippen LogP contribution is -2.43. The Hall–Kier alpha value is -3.91. The number of nitrogens with one attached hydrogen (secondary N) is 1. The van der Waals surface area contributed by atoms with E-state index in [2.05, 4.69) is 5.32 Å². The molecule has 0 unspecified atom stereocenters. The molecule has 3 aromatic carbocycles. The van der Waals surface area contributed by atoms with Crippen LogP contribution in [0.1, 0.15) is 29.3 Å². The summed E-state index contributed by atoms with van der Waals surface area (Å²) in [6.07, 6.45) is 0.151. The Morgan fingerprint density at radius 1 is 0.861 bits per heavy atom. The Balaban J connectivity index is 1.61. The molecule has 8 heteroatoms. The van der Waals surface area contributed by atoms with Crippen molar-refractivity contribution >= 4 is 29.2 Å². The van der Waals surface area contributed by atoms with Crippen molar-refractivity contribution in [2.45, 2.75) is 19.9 Å². The van der Waals surface area contributed by atoms with Gasteiger partial charge in [-0.25, -0.2) is 0 Å². The van der Waals surface area contributed by atoms with Crippen molar-refractivity contribution < 1.29 is 23.8 Å². The van der Waals surface area contributed by atoms with Gasteiger partial charge in [0.25, 0.3) is 5.91 Å².